The summed E-state index contributed by atoms with van der Waals surface area (Å²) in [5.74, 6) is 0.301. The number of hydrogen-bond acceptors (Lipinski definition) is 7. The molecule has 9 nitrogen and oxygen atoms in total. The Kier molecular flexibility index (Phi) is 9.93. The van der Waals surface area contributed by atoms with Crippen LogP contribution in [0.3, 0.4) is 0 Å². The van der Waals surface area contributed by atoms with Crippen LogP contribution in [-0.4, -0.2) is 60.7 Å². The molecule has 2 amide bonds. The van der Waals surface area contributed by atoms with Gasteiger partial charge in [-0.15, -0.1) is 0 Å². The first-order chi connectivity index (χ1) is 21.9. The van der Waals surface area contributed by atoms with E-state index in [9.17, 15) is 19.5 Å². The van der Waals surface area contributed by atoms with Crippen LogP contribution in [0.2, 0.25) is 5.02 Å². The summed E-state index contributed by atoms with van der Waals surface area (Å²) in [6.45, 7) is 7.65. The van der Waals surface area contributed by atoms with Gasteiger partial charge in [-0.2, -0.15) is 0 Å². The maximum absolute atomic E-state index is 13.9. The van der Waals surface area contributed by atoms with Crippen molar-refractivity contribution in [3.8, 4) is 11.5 Å². The van der Waals surface area contributed by atoms with E-state index in [2.05, 4.69) is 0 Å². The molecule has 0 aliphatic carbocycles. The summed E-state index contributed by atoms with van der Waals surface area (Å²) in [5.41, 5.74) is 2.97. The van der Waals surface area contributed by atoms with Gasteiger partial charge >= 0.3 is 5.97 Å². The fourth-order valence-electron chi connectivity index (χ4n) is 6.47. The zero-order chi connectivity index (χ0) is 33.2. The van der Waals surface area contributed by atoms with E-state index in [1.54, 1.807) is 23.8 Å². The van der Waals surface area contributed by atoms with Gasteiger partial charge in [0.25, 0.3) is 5.91 Å². The number of carbonyl (C=O) groups is 3. The number of nitrogens with zero attached hydrogens (tertiary/aromatic N) is 2. The highest BCUT2D eigenvalue weighted by Gasteiger charge is 2.39. The fourth-order valence-corrected chi connectivity index (χ4v) is 6.60. The minimum atomic E-state index is -1.16. The normalized spacial score (nSPS) is 18.2. The molecular formula is C36H41ClN2O7. The van der Waals surface area contributed by atoms with Crippen molar-refractivity contribution in [2.45, 2.75) is 64.7 Å². The molecule has 1 N–H and O–H groups in total. The first-order valence-electron chi connectivity index (χ1n) is 15.6. The van der Waals surface area contributed by atoms with E-state index in [1.807, 2.05) is 74.5 Å². The van der Waals surface area contributed by atoms with Crippen molar-refractivity contribution in [2.24, 2.45) is 5.92 Å². The van der Waals surface area contributed by atoms with E-state index in [4.69, 9.17) is 25.8 Å². The van der Waals surface area contributed by atoms with Gasteiger partial charge in [-0.1, -0.05) is 35.9 Å². The minimum absolute atomic E-state index is 0.0719. The van der Waals surface area contributed by atoms with Gasteiger partial charge in [0.05, 0.1) is 31.3 Å². The molecule has 46 heavy (non-hydrogen) atoms. The summed E-state index contributed by atoms with van der Waals surface area (Å²) in [5, 5.41) is 12.3. The van der Waals surface area contributed by atoms with Crippen LogP contribution in [0.15, 0.2) is 60.7 Å². The Morgan fingerprint density at radius 3 is 2.26 bits per heavy atom. The number of anilines is 1. The van der Waals surface area contributed by atoms with E-state index >= 15 is 0 Å². The van der Waals surface area contributed by atoms with Crippen molar-refractivity contribution in [1.29, 1.82) is 0 Å². The van der Waals surface area contributed by atoms with Gasteiger partial charge in [0.15, 0.2) is 18.1 Å². The van der Waals surface area contributed by atoms with E-state index in [0.717, 1.165) is 22.3 Å². The Morgan fingerprint density at radius 2 is 1.67 bits per heavy atom. The van der Waals surface area contributed by atoms with Crippen LogP contribution in [0.1, 0.15) is 68.8 Å². The molecule has 0 bridgehead atoms. The first kappa shape index (κ1) is 33.3. The number of hydrogen-bond donors (Lipinski definition) is 1. The average molecular weight is 649 g/mol. The fraction of sp³-hybridized carbons (Fsp3) is 0.417. The lowest BCUT2D eigenvalue weighted by Gasteiger charge is -2.40. The Bertz CT molecular complexity index is 1580. The predicted molar refractivity (Wildman–Crippen MR) is 175 cm³/mol. The van der Waals surface area contributed by atoms with Crippen molar-refractivity contribution in [3.63, 3.8) is 0 Å². The number of likely N-dealkylation sites (tertiary alicyclic amines) is 1. The Morgan fingerprint density at radius 1 is 1.02 bits per heavy atom. The van der Waals surface area contributed by atoms with Crippen molar-refractivity contribution in [3.05, 3.63) is 87.9 Å². The van der Waals surface area contributed by atoms with Crippen molar-refractivity contribution in [2.75, 3.05) is 31.7 Å². The summed E-state index contributed by atoms with van der Waals surface area (Å²) in [7, 11) is 1.59. The Labute approximate surface area is 275 Å². The minimum Gasteiger partial charge on any atom is -0.493 e. The Balaban J connectivity index is 1.43. The molecule has 2 aliphatic heterocycles. The number of carbonyl (C=O) groups excluding carboxylic acids is 3. The van der Waals surface area contributed by atoms with Gasteiger partial charge < -0.3 is 29.1 Å². The highest BCUT2D eigenvalue weighted by Crippen LogP contribution is 2.44. The lowest BCUT2D eigenvalue weighted by molar-refractivity contribution is -0.151. The molecule has 2 aliphatic rings. The molecule has 1 fully saturated rings. The third-order valence-corrected chi connectivity index (χ3v) is 9.16. The van der Waals surface area contributed by atoms with Crippen LogP contribution < -0.4 is 14.4 Å². The summed E-state index contributed by atoms with van der Waals surface area (Å²) in [6, 6.07) is 18.4. The van der Waals surface area contributed by atoms with Crippen LogP contribution in [0.4, 0.5) is 5.69 Å². The van der Waals surface area contributed by atoms with Gasteiger partial charge in [0, 0.05) is 30.7 Å². The largest absolute Gasteiger partial charge is 0.493 e. The monoisotopic (exact) mass is 648 g/mol. The summed E-state index contributed by atoms with van der Waals surface area (Å²) >= 11 is 6.25. The average Bonchev–Trinajstić information content (AvgIpc) is 3.03. The van der Waals surface area contributed by atoms with E-state index in [-0.39, 0.29) is 36.9 Å². The zero-order valence-electron chi connectivity index (χ0n) is 26.9. The number of halogens is 1. The van der Waals surface area contributed by atoms with Gasteiger partial charge in [0.2, 0.25) is 5.91 Å². The smallest absolute Gasteiger partial charge is 0.303 e. The maximum atomic E-state index is 13.9. The molecular weight excluding hydrogens is 608 g/mol. The van der Waals surface area contributed by atoms with Crippen LogP contribution >= 0.6 is 11.6 Å². The lowest BCUT2D eigenvalue weighted by Crippen LogP contribution is -2.45. The maximum Gasteiger partial charge on any atom is 0.303 e. The van der Waals surface area contributed by atoms with Gasteiger partial charge in [-0.3, -0.25) is 14.4 Å². The van der Waals surface area contributed by atoms with E-state index in [1.165, 1.54) is 6.92 Å². The van der Waals surface area contributed by atoms with Crippen LogP contribution in [0.25, 0.3) is 0 Å². The molecule has 0 spiro atoms. The van der Waals surface area contributed by atoms with Crippen LogP contribution in [0.5, 0.6) is 11.5 Å². The molecule has 3 aromatic carbocycles. The molecule has 244 valence electrons. The van der Waals surface area contributed by atoms with Crippen molar-refractivity contribution >= 4 is 35.1 Å². The molecule has 10 heteroatoms. The topological polar surface area (TPSA) is 106 Å². The molecule has 0 saturated carbocycles. The highest BCUT2D eigenvalue weighted by molar-refractivity contribution is 6.30. The third kappa shape index (κ3) is 7.00. The molecule has 0 radical (unpaired) electrons. The molecule has 3 aromatic rings. The number of amides is 2. The zero-order valence-corrected chi connectivity index (χ0v) is 27.7. The molecule has 1 saturated heterocycles. The number of esters is 1. The van der Waals surface area contributed by atoms with Gasteiger partial charge in [0.1, 0.15) is 0 Å². The van der Waals surface area contributed by atoms with Crippen LogP contribution in [0, 0.1) is 5.92 Å². The molecule has 2 heterocycles. The number of fused-ring (bicyclic) bond motifs is 1. The number of piperidine rings is 1. The Hall–Kier alpha value is -4.08. The SMILES string of the molecule is COc1cc2c(cc1OC(C)C)[C@H](c1ccc(Cl)cc1)N(c1ccc([C@@](C)(O)C3CCN(C(=O)COC(C)=O)CC3)cc1)C(=O)C2. The van der Waals surface area contributed by atoms with Gasteiger partial charge in [-0.25, -0.2) is 0 Å². The van der Waals surface area contributed by atoms with E-state index < -0.39 is 17.6 Å². The number of benzene rings is 3. The molecule has 5 rings (SSSR count). The quantitative estimate of drug-likeness (QED) is 0.291. The van der Waals surface area contributed by atoms with Crippen molar-refractivity contribution in [1.82, 2.24) is 4.90 Å². The standard InChI is InChI=1S/C36H41ClN2O7/c1-22(2)46-32-20-30-25(18-31(32)44-5)19-33(41)39(35(30)24-6-10-28(37)11-7-24)29-12-8-26(9-13-29)36(4,43)27-14-16-38(17-15-27)34(42)21-45-23(3)40/h6-13,18,20,22,27,35,43H,14-17,19,21H2,1-5H3/t35-,36+/m0/s1. The van der Waals surface area contributed by atoms with Gasteiger partial charge in [-0.05, 0) is 98.2 Å². The summed E-state index contributed by atoms with van der Waals surface area (Å²) in [4.78, 5) is 40.8. The van der Waals surface area contributed by atoms with E-state index in [0.29, 0.717) is 48.1 Å². The summed E-state index contributed by atoms with van der Waals surface area (Å²) in [6.07, 6.45) is 1.32. The third-order valence-electron chi connectivity index (χ3n) is 8.91. The second-order valence-electron chi connectivity index (χ2n) is 12.4. The first-order valence-corrected chi connectivity index (χ1v) is 16.0. The second-order valence-corrected chi connectivity index (χ2v) is 12.8. The lowest BCUT2D eigenvalue weighted by atomic mass is 9.77. The molecule has 0 unspecified atom stereocenters. The number of rotatable bonds is 9. The molecule has 2 atom stereocenters. The van der Waals surface area contributed by atoms with Crippen LogP contribution in [-0.2, 0) is 31.1 Å². The number of ether oxygens (including phenoxy) is 3. The predicted octanol–water partition coefficient (Wildman–Crippen LogP) is 5.82. The number of aliphatic hydroxyl groups is 1. The molecule has 0 aromatic heterocycles. The summed E-state index contributed by atoms with van der Waals surface area (Å²) < 4.78 is 16.6. The number of methoxy groups -OCH3 is 1. The van der Waals surface area contributed by atoms with Crippen molar-refractivity contribution < 1.29 is 33.7 Å². The second kappa shape index (κ2) is 13.7. The highest BCUT2D eigenvalue weighted by atomic mass is 35.5.